The fraction of sp³-hybridized carbons (Fsp3) is 0.348. The van der Waals surface area contributed by atoms with Crippen LogP contribution in [0.4, 0.5) is 0 Å². The van der Waals surface area contributed by atoms with Gasteiger partial charge in [0.2, 0.25) is 15.9 Å². The number of methoxy groups -OCH3 is 1. The first-order valence-electron chi connectivity index (χ1n) is 10.4. The average molecular weight is 522 g/mol. The first-order valence-corrected chi connectivity index (χ1v) is 12.7. The Morgan fingerprint density at radius 2 is 1.88 bits per heavy atom. The fourth-order valence-corrected chi connectivity index (χ4v) is 4.88. The molecule has 0 bridgehead atoms. The molecule has 3 aromatic rings. The minimum absolute atomic E-state index is 0.102. The largest absolute Gasteiger partial charge is 0.382 e. The number of fused-ring (bicyclic) bond motifs is 1. The van der Waals surface area contributed by atoms with E-state index in [4.69, 9.17) is 4.74 Å². The van der Waals surface area contributed by atoms with E-state index in [1.54, 1.807) is 19.2 Å². The highest BCUT2D eigenvalue weighted by Crippen LogP contribution is 2.20. The number of hydrogen-bond acceptors (Lipinski definition) is 4. The van der Waals surface area contributed by atoms with Crippen molar-refractivity contribution in [3.63, 3.8) is 0 Å². The lowest BCUT2D eigenvalue weighted by molar-refractivity contribution is -0.122. The molecule has 7 nitrogen and oxygen atoms in total. The van der Waals surface area contributed by atoms with Crippen molar-refractivity contribution in [2.24, 2.45) is 0 Å². The Hall–Kier alpha value is -2.20. The molecule has 0 aliphatic rings. The summed E-state index contributed by atoms with van der Waals surface area (Å²) in [5, 5.41) is 3.83. The number of carbonyl (C=O) groups is 1. The molecule has 1 amide bonds. The Balaban J connectivity index is 1.78. The molecule has 0 fully saturated rings. The summed E-state index contributed by atoms with van der Waals surface area (Å²) in [6.07, 6.45) is 3.68. The van der Waals surface area contributed by atoms with Crippen LogP contribution < -0.4 is 10.0 Å². The van der Waals surface area contributed by atoms with Gasteiger partial charge in [-0.05, 0) is 62.1 Å². The molecular weight excluding hydrogens is 494 g/mol. The highest BCUT2D eigenvalue weighted by molar-refractivity contribution is 9.10. The zero-order valence-corrected chi connectivity index (χ0v) is 20.5. The number of amides is 1. The molecule has 3 rings (SSSR count). The molecule has 0 aliphatic heterocycles. The normalized spacial score (nSPS) is 13.7. The summed E-state index contributed by atoms with van der Waals surface area (Å²) in [5.74, 6) is -0.360. The molecule has 0 radical (unpaired) electrons. The van der Waals surface area contributed by atoms with Gasteiger partial charge in [-0.15, -0.1) is 0 Å². The third-order valence-electron chi connectivity index (χ3n) is 5.33. The third kappa shape index (κ3) is 6.41. The molecule has 172 valence electrons. The van der Waals surface area contributed by atoms with E-state index in [9.17, 15) is 13.2 Å². The summed E-state index contributed by atoms with van der Waals surface area (Å²) in [4.78, 5) is 16.3. The lowest BCUT2D eigenvalue weighted by Crippen LogP contribution is -2.48. The van der Waals surface area contributed by atoms with Crippen LogP contribution in [0.15, 0.2) is 64.1 Å². The van der Waals surface area contributed by atoms with Gasteiger partial charge < -0.3 is 15.0 Å². The lowest BCUT2D eigenvalue weighted by atomic mass is 10.0. The smallest absolute Gasteiger partial charge is 0.241 e. The summed E-state index contributed by atoms with van der Waals surface area (Å²) in [5.41, 5.74) is 1.80. The Morgan fingerprint density at radius 1 is 1.16 bits per heavy atom. The van der Waals surface area contributed by atoms with E-state index < -0.39 is 16.1 Å². The maximum atomic E-state index is 13.0. The van der Waals surface area contributed by atoms with Crippen LogP contribution in [0.1, 0.15) is 25.3 Å². The fourth-order valence-electron chi connectivity index (χ4n) is 3.42. The zero-order chi connectivity index (χ0) is 23.1. The molecule has 0 saturated carbocycles. The third-order valence-corrected chi connectivity index (χ3v) is 7.34. The van der Waals surface area contributed by atoms with Gasteiger partial charge in [0.25, 0.3) is 0 Å². The molecular formula is C23H28BrN3O4S. The van der Waals surface area contributed by atoms with E-state index in [1.165, 1.54) is 12.1 Å². The number of aromatic nitrogens is 1. The molecule has 0 aliphatic carbocycles. The molecule has 32 heavy (non-hydrogen) atoms. The predicted molar refractivity (Wildman–Crippen MR) is 129 cm³/mol. The zero-order valence-electron chi connectivity index (χ0n) is 18.1. The SMILES string of the molecule is COC(C)CCCNC(=O)[C@H](Cc1c[nH]c2ccccc12)NS(=O)(=O)c1ccc(Br)cc1. The number of ether oxygens (including phenoxy) is 1. The number of halogens is 1. The number of nitrogens with one attached hydrogen (secondary N) is 3. The number of aromatic amines is 1. The van der Waals surface area contributed by atoms with Crippen molar-refractivity contribution < 1.29 is 17.9 Å². The summed E-state index contributed by atoms with van der Waals surface area (Å²) in [7, 11) is -2.24. The van der Waals surface area contributed by atoms with Gasteiger partial charge in [0.1, 0.15) is 6.04 Å². The van der Waals surface area contributed by atoms with Crippen LogP contribution in [0.5, 0.6) is 0 Å². The number of carbonyl (C=O) groups excluding carboxylic acids is 1. The number of hydrogen-bond donors (Lipinski definition) is 3. The van der Waals surface area contributed by atoms with Gasteiger partial charge in [0.05, 0.1) is 11.0 Å². The van der Waals surface area contributed by atoms with Crippen LogP contribution in [0.25, 0.3) is 10.9 Å². The van der Waals surface area contributed by atoms with Crippen LogP contribution in [0.3, 0.4) is 0 Å². The van der Waals surface area contributed by atoms with Crippen molar-refractivity contribution in [1.82, 2.24) is 15.0 Å². The summed E-state index contributed by atoms with van der Waals surface area (Å²) in [6, 6.07) is 13.1. The molecule has 0 spiro atoms. The predicted octanol–water partition coefficient (Wildman–Crippen LogP) is 3.75. The summed E-state index contributed by atoms with van der Waals surface area (Å²) in [6.45, 7) is 2.41. The molecule has 2 atom stereocenters. The van der Waals surface area contributed by atoms with Gasteiger partial charge in [0, 0.05) is 35.2 Å². The first-order chi connectivity index (χ1) is 15.3. The molecule has 2 aromatic carbocycles. The molecule has 0 saturated heterocycles. The topological polar surface area (TPSA) is 100 Å². The van der Waals surface area contributed by atoms with Gasteiger partial charge in [-0.3, -0.25) is 4.79 Å². The standard InChI is InChI=1S/C23H28BrN3O4S/c1-16(31-2)6-5-13-25-23(28)22(14-17-15-26-21-8-4-3-7-20(17)21)27-32(29,30)19-11-9-18(24)10-12-19/h3-4,7-12,15-16,22,26-27H,5-6,13-14H2,1-2H3,(H,25,28)/t16?,22-/m0/s1. The van der Waals surface area contributed by atoms with E-state index in [1.807, 2.05) is 37.4 Å². The second-order valence-electron chi connectivity index (χ2n) is 7.67. The van der Waals surface area contributed by atoms with Crippen molar-refractivity contribution in [3.8, 4) is 0 Å². The van der Waals surface area contributed by atoms with Crippen LogP contribution >= 0.6 is 15.9 Å². The van der Waals surface area contributed by atoms with Gasteiger partial charge in [-0.1, -0.05) is 34.1 Å². The second kappa shape index (κ2) is 11.1. The second-order valence-corrected chi connectivity index (χ2v) is 10.3. The monoisotopic (exact) mass is 521 g/mol. The minimum Gasteiger partial charge on any atom is -0.382 e. The molecule has 9 heteroatoms. The Morgan fingerprint density at radius 3 is 2.59 bits per heavy atom. The number of H-pyrrole nitrogens is 1. The highest BCUT2D eigenvalue weighted by Gasteiger charge is 2.27. The average Bonchev–Trinajstić information content (AvgIpc) is 3.19. The van der Waals surface area contributed by atoms with Crippen molar-refractivity contribution in [1.29, 1.82) is 0 Å². The van der Waals surface area contributed by atoms with E-state index >= 15 is 0 Å². The Kier molecular flexibility index (Phi) is 8.47. The maximum Gasteiger partial charge on any atom is 0.241 e. The highest BCUT2D eigenvalue weighted by atomic mass is 79.9. The minimum atomic E-state index is -3.89. The molecule has 3 N–H and O–H groups in total. The van der Waals surface area contributed by atoms with E-state index in [0.717, 1.165) is 33.8 Å². The first kappa shape index (κ1) is 24.4. The van der Waals surface area contributed by atoms with Gasteiger partial charge in [0.15, 0.2) is 0 Å². The van der Waals surface area contributed by atoms with Crippen LogP contribution in [0.2, 0.25) is 0 Å². The van der Waals surface area contributed by atoms with Crippen LogP contribution in [-0.4, -0.2) is 45.1 Å². The van der Waals surface area contributed by atoms with Gasteiger partial charge in [-0.25, -0.2) is 8.42 Å². The number of sulfonamides is 1. The number of benzene rings is 2. The quantitative estimate of drug-likeness (QED) is 0.334. The van der Waals surface area contributed by atoms with Crippen molar-refractivity contribution >= 4 is 42.8 Å². The van der Waals surface area contributed by atoms with Crippen LogP contribution in [-0.2, 0) is 26.0 Å². The Bertz CT molecular complexity index is 1150. The van der Waals surface area contributed by atoms with E-state index in [-0.39, 0.29) is 23.3 Å². The van der Waals surface area contributed by atoms with Crippen LogP contribution in [0, 0.1) is 0 Å². The van der Waals surface area contributed by atoms with Gasteiger partial charge in [-0.2, -0.15) is 4.72 Å². The Labute approximate surface area is 197 Å². The number of para-hydroxylation sites is 1. The molecule has 1 heterocycles. The van der Waals surface area contributed by atoms with E-state index in [0.29, 0.717) is 6.54 Å². The maximum absolute atomic E-state index is 13.0. The van der Waals surface area contributed by atoms with E-state index in [2.05, 4.69) is 31.0 Å². The van der Waals surface area contributed by atoms with Crippen molar-refractivity contribution in [3.05, 3.63) is 64.8 Å². The van der Waals surface area contributed by atoms with Crippen molar-refractivity contribution in [2.75, 3.05) is 13.7 Å². The lowest BCUT2D eigenvalue weighted by Gasteiger charge is -2.19. The summed E-state index contributed by atoms with van der Waals surface area (Å²) >= 11 is 3.31. The molecule has 1 aromatic heterocycles. The van der Waals surface area contributed by atoms with Gasteiger partial charge >= 0.3 is 0 Å². The summed E-state index contributed by atoms with van der Waals surface area (Å²) < 4.78 is 34.6. The number of rotatable bonds is 11. The molecule has 1 unspecified atom stereocenters. The van der Waals surface area contributed by atoms with Crippen molar-refractivity contribution in [2.45, 2.75) is 43.2 Å².